The van der Waals surface area contributed by atoms with E-state index >= 15 is 0 Å². The summed E-state index contributed by atoms with van der Waals surface area (Å²) in [6.07, 6.45) is 0. The first-order chi connectivity index (χ1) is 12.7. The summed E-state index contributed by atoms with van der Waals surface area (Å²) in [5, 5.41) is 4.67. The average molecular weight is 450 g/mol. The molecule has 8 heteroatoms. The molecular formula is C19H20BrN3O3S. The third-order valence-electron chi connectivity index (χ3n) is 4.64. The Morgan fingerprint density at radius 1 is 1.30 bits per heavy atom. The van der Waals surface area contributed by atoms with Crippen molar-refractivity contribution in [1.82, 2.24) is 15.1 Å². The standard InChI is InChI=1S/C19H20BrN3O3S/c1-12-4-6-13(7-5-12)19(2)17(25)23(18(26)21-19)10-16(24)22(3)9-15-8-14(20)11-27-15/h4-8,11H,9-10H2,1-3H3,(H,21,26). The molecule has 1 aromatic heterocycles. The number of nitrogens with zero attached hydrogens (tertiary/aromatic N) is 2. The molecular weight excluding hydrogens is 430 g/mol. The lowest BCUT2D eigenvalue weighted by Gasteiger charge is -2.23. The number of urea groups is 1. The van der Waals surface area contributed by atoms with Crippen molar-refractivity contribution >= 4 is 45.1 Å². The number of nitrogens with one attached hydrogen (secondary N) is 1. The summed E-state index contributed by atoms with van der Waals surface area (Å²) in [6, 6.07) is 8.81. The normalized spacial score (nSPS) is 19.3. The molecule has 1 aliphatic rings. The lowest BCUT2D eigenvalue weighted by Crippen LogP contribution is -2.43. The van der Waals surface area contributed by atoms with Crippen molar-refractivity contribution in [3.63, 3.8) is 0 Å². The van der Waals surface area contributed by atoms with Crippen molar-refractivity contribution in [2.45, 2.75) is 25.9 Å². The Morgan fingerprint density at radius 2 is 1.96 bits per heavy atom. The number of carbonyl (C=O) groups is 3. The number of benzene rings is 1. The Labute approximate surface area is 170 Å². The predicted molar refractivity (Wildman–Crippen MR) is 107 cm³/mol. The maximum Gasteiger partial charge on any atom is 0.325 e. The predicted octanol–water partition coefficient (Wildman–Crippen LogP) is 3.24. The van der Waals surface area contributed by atoms with Crippen LogP contribution in [0.5, 0.6) is 0 Å². The van der Waals surface area contributed by atoms with Gasteiger partial charge < -0.3 is 10.2 Å². The van der Waals surface area contributed by atoms with Crippen LogP contribution in [0.25, 0.3) is 0 Å². The Balaban J connectivity index is 1.71. The lowest BCUT2D eigenvalue weighted by atomic mass is 9.91. The molecule has 6 nitrogen and oxygen atoms in total. The third-order valence-corrected chi connectivity index (χ3v) is 6.32. The van der Waals surface area contributed by atoms with Gasteiger partial charge in [-0.25, -0.2) is 4.79 Å². The van der Waals surface area contributed by atoms with Gasteiger partial charge in [-0.3, -0.25) is 14.5 Å². The third kappa shape index (κ3) is 3.91. The molecule has 27 heavy (non-hydrogen) atoms. The van der Waals surface area contributed by atoms with Gasteiger partial charge in [-0.2, -0.15) is 0 Å². The second-order valence-electron chi connectivity index (χ2n) is 6.79. The Morgan fingerprint density at radius 3 is 2.56 bits per heavy atom. The van der Waals surface area contributed by atoms with Crippen LogP contribution in [0.2, 0.25) is 0 Å². The summed E-state index contributed by atoms with van der Waals surface area (Å²) in [6.45, 7) is 3.76. The van der Waals surface area contributed by atoms with E-state index in [2.05, 4.69) is 21.2 Å². The summed E-state index contributed by atoms with van der Waals surface area (Å²) in [7, 11) is 1.66. The monoisotopic (exact) mass is 449 g/mol. The van der Waals surface area contributed by atoms with Crippen LogP contribution in [0.1, 0.15) is 22.9 Å². The highest BCUT2D eigenvalue weighted by molar-refractivity contribution is 9.10. The summed E-state index contributed by atoms with van der Waals surface area (Å²) >= 11 is 4.92. The fraction of sp³-hybridized carbons (Fsp3) is 0.316. The van der Waals surface area contributed by atoms with Gasteiger partial charge in [-0.1, -0.05) is 29.8 Å². The van der Waals surface area contributed by atoms with E-state index in [0.717, 1.165) is 19.8 Å². The van der Waals surface area contributed by atoms with Gasteiger partial charge in [-0.15, -0.1) is 11.3 Å². The maximum atomic E-state index is 12.9. The largest absolute Gasteiger partial charge is 0.339 e. The first-order valence-corrected chi connectivity index (χ1v) is 10.1. The number of hydrogen-bond acceptors (Lipinski definition) is 4. The quantitative estimate of drug-likeness (QED) is 0.712. The van der Waals surface area contributed by atoms with Crippen LogP contribution in [-0.4, -0.2) is 41.2 Å². The molecule has 0 aliphatic carbocycles. The summed E-state index contributed by atoms with van der Waals surface area (Å²) in [4.78, 5) is 41.3. The van der Waals surface area contributed by atoms with E-state index in [1.807, 2.05) is 42.6 Å². The van der Waals surface area contributed by atoms with Crippen LogP contribution >= 0.6 is 27.3 Å². The number of aryl methyl sites for hydroxylation is 1. The van der Waals surface area contributed by atoms with Crippen LogP contribution in [0.4, 0.5) is 4.79 Å². The molecule has 0 bridgehead atoms. The van der Waals surface area contributed by atoms with Gasteiger partial charge in [0, 0.05) is 21.8 Å². The zero-order chi connectivity index (χ0) is 19.8. The van der Waals surface area contributed by atoms with Gasteiger partial charge >= 0.3 is 6.03 Å². The van der Waals surface area contributed by atoms with Crippen molar-refractivity contribution in [2.75, 3.05) is 13.6 Å². The molecule has 0 radical (unpaired) electrons. The number of carbonyl (C=O) groups excluding carboxylic acids is 3. The molecule has 142 valence electrons. The fourth-order valence-corrected chi connectivity index (χ4v) is 4.44. The summed E-state index contributed by atoms with van der Waals surface area (Å²) in [5.41, 5.74) is 0.591. The minimum Gasteiger partial charge on any atom is -0.339 e. The summed E-state index contributed by atoms with van der Waals surface area (Å²) in [5.74, 6) is -0.715. The van der Waals surface area contributed by atoms with Crippen LogP contribution < -0.4 is 5.32 Å². The Bertz CT molecular complexity index is 896. The molecule has 1 aromatic carbocycles. The minimum atomic E-state index is -1.16. The van der Waals surface area contributed by atoms with Crippen LogP contribution in [0.15, 0.2) is 40.2 Å². The van der Waals surface area contributed by atoms with Crippen molar-refractivity contribution in [3.8, 4) is 0 Å². The molecule has 0 saturated carbocycles. The zero-order valence-corrected chi connectivity index (χ0v) is 17.7. The molecule has 2 aromatic rings. The molecule has 3 rings (SSSR count). The second-order valence-corrected chi connectivity index (χ2v) is 8.70. The van der Waals surface area contributed by atoms with Gasteiger partial charge in [0.15, 0.2) is 0 Å². The molecule has 0 spiro atoms. The van der Waals surface area contributed by atoms with Gasteiger partial charge in [0.25, 0.3) is 5.91 Å². The van der Waals surface area contributed by atoms with E-state index < -0.39 is 17.5 Å². The number of imide groups is 1. The summed E-state index contributed by atoms with van der Waals surface area (Å²) < 4.78 is 0.964. The van der Waals surface area contributed by atoms with Crippen molar-refractivity contribution in [1.29, 1.82) is 0 Å². The minimum absolute atomic E-state index is 0.283. The topological polar surface area (TPSA) is 69.7 Å². The molecule has 1 N–H and O–H groups in total. The van der Waals surface area contributed by atoms with E-state index in [1.54, 1.807) is 14.0 Å². The SMILES string of the molecule is Cc1ccc(C2(C)NC(=O)N(CC(=O)N(C)Cc3cc(Br)cs3)C2=O)cc1. The van der Waals surface area contributed by atoms with E-state index in [4.69, 9.17) is 0 Å². The maximum absolute atomic E-state index is 12.9. The molecule has 1 saturated heterocycles. The van der Waals surface area contributed by atoms with Gasteiger partial charge in [0.2, 0.25) is 5.91 Å². The Kier molecular flexibility index (Phi) is 5.39. The van der Waals surface area contributed by atoms with Gasteiger partial charge in [-0.05, 0) is 41.4 Å². The highest BCUT2D eigenvalue weighted by Crippen LogP contribution is 2.29. The van der Waals surface area contributed by atoms with E-state index in [0.29, 0.717) is 12.1 Å². The number of thiophene rings is 1. The number of amides is 4. The number of hydrogen-bond donors (Lipinski definition) is 1. The van der Waals surface area contributed by atoms with Gasteiger partial charge in [0.1, 0.15) is 12.1 Å². The van der Waals surface area contributed by atoms with Crippen molar-refractivity contribution in [2.24, 2.45) is 0 Å². The van der Waals surface area contributed by atoms with Crippen LogP contribution in [-0.2, 0) is 21.7 Å². The highest BCUT2D eigenvalue weighted by Gasteiger charge is 2.49. The molecule has 2 heterocycles. The van der Waals surface area contributed by atoms with Crippen LogP contribution in [0.3, 0.4) is 0 Å². The number of likely N-dealkylation sites (N-methyl/N-ethyl adjacent to an activating group) is 1. The van der Waals surface area contributed by atoms with Crippen molar-refractivity contribution in [3.05, 3.63) is 56.2 Å². The second kappa shape index (κ2) is 7.44. The number of rotatable bonds is 5. The van der Waals surface area contributed by atoms with Gasteiger partial charge in [0.05, 0.1) is 6.54 Å². The van der Waals surface area contributed by atoms with Crippen molar-refractivity contribution < 1.29 is 14.4 Å². The average Bonchev–Trinajstić information content (AvgIpc) is 3.12. The lowest BCUT2D eigenvalue weighted by molar-refractivity contribution is -0.138. The zero-order valence-electron chi connectivity index (χ0n) is 15.3. The van der Waals surface area contributed by atoms with Crippen LogP contribution in [0, 0.1) is 6.92 Å². The molecule has 1 atom stereocenters. The number of halogens is 1. The Hall–Kier alpha value is -2.19. The first kappa shape index (κ1) is 19.6. The molecule has 1 aliphatic heterocycles. The highest BCUT2D eigenvalue weighted by atomic mass is 79.9. The molecule has 4 amide bonds. The van der Waals surface area contributed by atoms with E-state index in [1.165, 1.54) is 16.2 Å². The molecule has 1 unspecified atom stereocenters. The fourth-order valence-electron chi connectivity index (χ4n) is 2.94. The first-order valence-electron chi connectivity index (χ1n) is 8.39. The molecule has 1 fully saturated rings. The van der Waals surface area contributed by atoms with E-state index in [-0.39, 0.29) is 12.5 Å². The van der Waals surface area contributed by atoms with E-state index in [9.17, 15) is 14.4 Å². The smallest absolute Gasteiger partial charge is 0.325 e.